The van der Waals surface area contributed by atoms with E-state index in [9.17, 15) is 9.59 Å². The van der Waals surface area contributed by atoms with Crippen LogP contribution >= 0.6 is 11.3 Å². The fourth-order valence-corrected chi connectivity index (χ4v) is 3.87. The summed E-state index contributed by atoms with van der Waals surface area (Å²) in [6.45, 7) is 2.65. The van der Waals surface area contributed by atoms with Crippen molar-refractivity contribution in [3.05, 3.63) is 34.0 Å². The summed E-state index contributed by atoms with van der Waals surface area (Å²) >= 11 is 1.45. The lowest BCUT2D eigenvalue weighted by Gasteiger charge is -2.04. The summed E-state index contributed by atoms with van der Waals surface area (Å²) in [5.74, 6) is -0.744. The fraction of sp³-hybridized carbons (Fsp3) is 0.357. The molecule has 2 amide bonds. The molecule has 2 aromatic heterocycles. The van der Waals surface area contributed by atoms with E-state index in [4.69, 9.17) is 5.73 Å². The van der Waals surface area contributed by atoms with Gasteiger partial charge in [-0.3, -0.25) is 14.3 Å². The van der Waals surface area contributed by atoms with Crippen molar-refractivity contribution in [1.29, 1.82) is 0 Å². The SMILES string of the molecule is CCn1cc(C(=O)Nc2sc3c(c2C(N)=O)CCC3)cn1. The van der Waals surface area contributed by atoms with E-state index in [-0.39, 0.29) is 5.91 Å². The summed E-state index contributed by atoms with van der Waals surface area (Å²) in [7, 11) is 0. The second-order valence-corrected chi connectivity index (χ2v) is 6.07. The van der Waals surface area contributed by atoms with Gasteiger partial charge >= 0.3 is 0 Å². The lowest BCUT2D eigenvalue weighted by molar-refractivity contribution is 0.100. The Hall–Kier alpha value is -2.15. The maximum atomic E-state index is 12.2. The number of aromatic nitrogens is 2. The van der Waals surface area contributed by atoms with Gasteiger partial charge in [0, 0.05) is 17.6 Å². The fourth-order valence-electron chi connectivity index (χ4n) is 2.58. The van der Waals surface area contributed by atoms with Crippen molar-refractivity contribution < 1.29 is 9.59 Å². The van der Waals surface area contributed by atoms with Gasteiger partial charge in [-0.25, -0.2) is 0 Å². The van der Waals surface area contributed by atoms with Gasteiger partial charge in [0.15, 0.2) is 0 Å². The van der Waals surface area contributed by atoms with E-state index < -0.39 is 5.91 Å². The number of thiophene rings is 1. The third kappa shape index (κ3) is 2.44. The van der Waals surface area contributed by atoms with Crippen LogP contribution in [0.2, 0.25) is 0 Å². The van der Waals surface area contributed by atoms with Gasteiger partial charge in [-0.05, 0) is 31.7 Å². The molecule has 21 heavy (non-hydrogen) atoms. The third-order valence-corrected chi connectivity index (χ3v) is 4.82. The molecular formula is C14H16N4O2S. The molecule has 0 unspecified atom stereocenters. The topological polar surface area (TPSA) is 90.0 Å². The molecule has 2 aromatic rings. The molecule has 0 radical (unpaired) electrons. The zero-order valence-electron chi connectivity index (χ0n) is 11.7. The molecule has 3 rings (SSSR count). The number of carbonyl (C=O) groups is 2. The highest BCUT2D eigenvalue weighted by Gasteiger charge is 2.26. The maximum Gasteiger partial charge on any atom is 0.259 e. The molecule has 0 saturated carbocycles. The number of aryl methyl sites for hydroxylation is 2. The zero-order valence-corrected chi connectivity index (χ0v) is 12.5. The number of amides is 2. The minimum Gasteiger partial charge on any atom is -0.365 e. The number of fused-ring (bicyclic) bond motifs is 1. The van der Waals surface area contributed by atoms with Crippen LogP contribution in [0.4, 0.5) is 5.00 Å². The molecule has 0 bridgehead atoms. The van der Waals surface area contributed by atoms with Crippen molar-refractivity contribution in [3.63, 3.8) is 0 Å². The van der Waals surface area contributed by atoms with Gasteiger partial charge in [-0.2, -0.15) is 5.10 Å². The number of primary amides is 1. The molecular weight excluding hydrogens is 288 g/mol. The maximum absolute atomic E-state index is 12.2. The van der Waals surface area contributed by atoms with Crippen LogP contribution in [0.25, 0.3) is 0 Å². The summed E-state index contributed by atoms with van der Waals surface area (Å²) in [6, 6.07) is 0. The van der Waals surface area contributed by atoms with Gasteiger partial charge in [-0.15, -0.1) is 11.3 Å². The Labute approximate surface area is 125 Å². The number of carbonyl (C=O) groups excluding carboxylic acids is 2. The first-order chi connectivity index (χ1) is 10.1. The van der Waals surface area contributed by atoms with E-state index in [0.29, 0.717) is 22.7 Å². The predicted octanol–water partition coefficient (Wildman–Crippen LogP) is 1.80. The second-order valence-electron chi connectivity index (χ2n) is 4.96. The standard InChI is InChI=1S/C14H16N4O2S/c1-2-18-7-8(6-16-18)13(20)17-14-11(12(15)19)9-4-3-5-10(9)21-14/h6-7H,2-5H2,1H3,(H2,15,19)(H,17,20). The number of nitrogens with one attached hydrogen (secondary N) is 1. The Morgan fingerprint density at radius 1 is 1.48 bits per heavy atom. The van der Waals surface area contributed by atoms with Crippen LogP contribution in [0, 0.1) is 0 Å². The monoisotopic (exact) mass is 304 g/mol. The first-order valence-electron chi connectivity index (χ1n) is 6.88. The van der Waals surface area contributed by atoms with Crippen LogP contribution in [-0.2, 0) is 19.4 Å². The molecule has 0 atom stereocenters. The van der Waals surface area contributed by atoms with Gasteiger partial charge in [0.1, 0.15) is 5.00 Å². The lowest BCUT2D eigenvalue weighted by Crippen LogP contribution is -2.17. The van der Waals surface area contributed by atoms with Crippen LogP contribution in [0.3, 0.4) is 0 Å². The molecule has 0 spiro atoms. The van der Waals surface area contributed by atoms with Crippen molar-refractivity contribution >= 4 is 28.2 Å². The minimum atomic E-state index is -0.478. The molecule has 0 aliphatic heterocycles. The highest BCUT2D eigenvalue weighted by Crippen LogP contribution is 2.38. The molecule has 0 aromatic carbocycles. The van der Waals surface area contributed by atoms with Crippen molar-refractivity contribution in [2.75, 3.05) is 5.32 Å². The molecule has 0 fully saturated rings. The quantitative estimate of drug-likeness (QED) is 0.902. The van der Waals surface area contributed by atoms with Crippen LogP contribution in [-0.4, -0.2) is 21.6 Å². The van der Waals surface area contributed by atoms with Crippen LogP contribution < -0.4 is 11.1 Å². The van der Waals surface area contributed by atoms with Crippen LogP contribution in [0.15, 0.2) is 12.4 Å². The Morgan fingerprint density at radius 2 is 2.29 bits per heavy atom. The predicted molar refractivity (Wildman–Crippen MR) is 80.7 cm³/mol. The first-order valence-corrected chi connectivity index (χ1v) is 7.70. The summed E-state index contributed by atoms with van der Waals surface area (Å²) < 4.78 is 1.68. The lowest BCUT2D eigenvalue weighted by atomic mass is 10.1. The van der Waals surface area contributed by atoms with Crippen molar-refractivity contribution in [2.24, 2.45) is 5.73 Å². The summed E-state index contributed by atoms with van der Waals surface area (Å²) in [4.78, 5) is 25.1. The van der Waals surface area contributed by atoms with E-state index in [2.05, 4.69) is 10.4 Å². The van der Waals surface area contributed by atoms with E-state index in [1.54, 1.807) is 10.9 Å². The van der Waals surface area contributed by atoms with Crippen molar-refractivity contribution in [2.45, 2.75) is 32.7 Å². The average molecular weight is 304 g/mol. The largest absolute Gasteiger partial charge is 0.365 e. The smallest absolute Gasteiger partial charge is 0.259 e. The van der Waals surface area contributed by atoms with Gasteiger partial charge in [0.25, 0.3) is 11.8 Å². The normalized spacial score (nSPS) is 13.2. The number of nitrogens with zero attached hydrogens (tertiary/aromatic N) is 2. The molecule has 7 heteroatoms. The highest BCUT2D eigenvalue weighted by atomic mass is 32.1. The molecule has 1 aliphatic rings. The average Bonchev–Trinajstić information content (AvgIpc) is 3.12. The van der Waals surface area contributed by atoms with Gasteiger partial charge < -0.3 is 11.1 Å². The number of hydrogen-bond acceptors (Lipinski definition) is 4. The number of hydrogen-bond donors (Lipinski definition) is 2. The van der Waals surface area contributed by atoms with E-state index in [0.717, 1.165) is 29.7 Å². The van der Waals surface area contributed by atoms with Crippen LogP contribution in [0.1, 0.15) is 44.5 Å². The number of anilines is 1. The van der Waals surface area contributed by atoms with E-state index in [1.165, 1.54) is 17.5 Å². The molecule has 3 N–H and O–H groups in total. The summed E-state index contributed by atoms with van der Waals surface area (Å²) in [5.41, 5.74) is 7.43. The second kappa shape index (κ2) is 5.33. The Kier molecular flexibility index (Phi) is 3.50. The first kappa shape index (κ1) is 13.8. The number of rotatable bonds is 4. The summed E-state index contributed by atoms with van der Waals surface area (Å²) in [6.07, 6.45) is 6.04. The zero-order chi connectivity index (χ0) is 15.0. The van der Waals surface area contributed by atoms with Gasteiger partial charge in [0.2, 0.25) is 0 Å². The van der Waals surface area contributed by atoms with Crippen molar-refractivity contribution in [1.82, 2.24) is 9.78 Å². The molecule has 2 heterocycles. The van der Waals surface area contributed by atoms with Crippen molar-refractivity contribution in [3.8, 4) is 0 Å². The summed E-state index contributed by atoms with van der Waals surface area (Å²) in [5, 5.41) is 7.43. The molecule has 0 saturated heterocycles. The van der Waals surface area contributed by atoms with E-state index in [1.807, 2.05) is 6.92 Å². The van der Waals surface area contributed by atoms with E-state index >= 15 is 0 Å². The molecule has 6 nitrogen and oxygen atoms in total. The third-order valence-electron chi connectivity index (χ3n) is 3.61. The highest BCUT2D eigenvalue weighted by molar-refractivity contribution is 7.17. The Bertz CT molecular complexity index is 717. The Balaban J connectivity index is 1.88. The Morgan fingerprint density at radius 3 is 2.95 bits per heavy atom. The van der Waals surface area contributed by atoms with Gasteiger partial charge in [-0.1, -0.05) is 0 Å². The van der Waals surface area contributed by atoms with Gasteiger partial charge in [0.05, 0.1) is 17.3 Å². The van der Waals surface area contributed by atoms with Crippen LogP contribution in [0.5, 0.6) is 0 Å². The minimum absolute atomic E-state index is 0.267. The molecule has 110 valence electrons. The number of nitrogens with two attached hydrogens (primary N) is 1. The molecule has 1 aliphatic carbocycles.